The van der Waals surface area contributed by atoms with Gasteiger partial charge in [-0.25, -0.2) is 9.97 Å². The zero-order valence-electron chi connectivity index (χ0n) is 22.1. The van der Waals surface area contributed by atoms with E-state index in [9.17, 15) is 10.2 Å². The molecule has 0 unspecified atom stereocenters. The molecule has 1 fully saturated rings. The van der Waals surface area contributed by atoms with Gasteiger partial charge in [-0.3, -0.25) is 0 Å². The van der Waals surface area contributed by atoms with Gasteiger partial charge in [0.15, 0.2) is 6.23 Å². The molecule has 2 N–H and O–H groups in total. The number of ether oxygens (including phenoxy) is 1. The fourth-order valence-electron chi connectivity index (χ4n) is 5.93. The first-order chi connectivity index (χ1) is 17.5. The van der Waals surface area contributed by atoms with Crippen LogP contribution in [0.15, 0.2) is 36.8 Å². The minimum atomic E-state index is -2.00. The minimum Gasteiger partial charge on any atom is -0.388 e. The van der Waals surface area contributed by atoms with E-state index >= 15 is 0 Å². The summed E-state index contributed by atoms with van der Waals surface area (Å²) in [6.07, 6.45) is -0.0446. The average molecular weight is 561 g/mol. The van der Waals surface area contributed by atoms with Crippen LogP contribution in [0.5, 0.6) is 0 Å². The van der Waals surface area contributed by atoms with E-state index < -0.39 is 32.6 Å². The predicted molar refractivity (Wildman–Crippen MR) is 152 cm³/mol. The van der Waals surface area contributed by atoms with E-state index in [-0.39, 0.29) is 0 Å². The van der Waals surface area contributed by atoms with Gasteiger partial charge in [0.2, 0.25) is 0 Å². The van der Waals surface area contributed by atoms with Crippen molar-refractivity contribution in [3.8, 4) is 11.5 Å². The Morgan fingerprint density at radius 3 is 2.19 bits per heavy atom. The van der Waals surface area contributed by atoms with E-state index in [1.165, 1.54) is 6.33 Å². The lowest BCUT2D eigenvalue weighted by molar-refractivity contribution is -0.0342. The van der Waals surface area contributed by atoms with E-state index in [0.717, 1.165) is 5.56 Å². The van der Waals surface area contributed by atoms with Crippen LogP contribution in [0.3, 0.4) is 0 Å². The highest BCUT2D eigenvalue weighted by Crippen LogP contribution is 2.41. The standard InChI is InChI=1S/C28H35Cl2N3O3Si/c1-16(2)37(17(3)4,18(5)6)12-11-20-14-33(27-23(20)26(30)31-15-32-27)28-25(35)24(34)22(36-28)13-19-7-9-21(29)10-8-19/h7-10,14-18,22,24-25,28,34-35H,13H2,1-6H3/t22-,24+,25+,28+/m0/s1. The molecule has 4 rings (SSSR count). The Kier molecular flexibility index (Phi) is 8.39. The summed E-state index contributed by atoms with van der Waals surface area (Å²) in [5.74, 6) is 3.45. The number of nitrogens with zero attached hydrogens (tertiary/aromatic N) is 3. The lowest BCUT2D eigenvalue weighted by Gasteiger charge is -2.38. The maximum Gasteiger partial charge on any atom is 0.164 e. The van der Waals surface area contributed by atoms with Crippen molar-refractivity contribution in [1.82, 2.24) is 14.5 Å². The molecule has 0 bridgehead atoms. The predicted octanol–water partition coefficient (Wildman–Crippen LogP) is 6.17. The number of aromatic nitrogens is 3. The fourth-order valence-corrected chi connectivity index (χ4v) is 11.5. The smallest absolute Gasteiger partial charge is 0.164 e. The van der Waals surface area contributed by atoms with Crippen LogP contribution < -0.4 is 0 Å². The van der Waals surface area contributed by atoms with Crippen molar-refractivity contribution < 1.29 is 14.9 Å². The summed E-state index contributed by atoms with van der Waals surface area (Å²) in [5, 5.41) is 23.4. The molecule has 37 heavy (non-hydrogen) atoms. The highest BCUT2D eigenvalue weighted by molar-refractivity contribution is 6.90. The van der Waals surface area contributed by atoms with Gasteiger partial charge in [0, 0.05) is 17.6 Å². The van der Waals surface area contributed by atoms with Crippen molar-refractivity contribution >= 4 is 42.3 Å². The third-order valence-corrected chi connectivity index (χ3v) is 14.6. The Labute approximate surface area is 230 Å². The third-order valence-electron chi connectivity index (χ3n) is 7.80. The molecule has 9 heteroatoms. The highest BCUT2D eigenvalue weighted by Gasteiger charge is 2.45. The first-order valence-corrected chi connectivity index (χ1v) is 15.8. The summed E-state index contributed by atoms with van der Waals surface area (Å²) >= 11 is 12.6. The second-order valence-corrected chi connectivity index (χ2v) is 17.2. The molecule has 0 aliphatic carbocycles. The van der Waals surface area contributed by atoms with E-state index in [4.69, 9.17) is 27.9 Å². The van der Waals surface area contributed by atoms with Crippen LogP contribution in [0, 0.1) is 11.5 Å². The van der Waals surface area contributed by atoms with Gasteiger partial charge in [0.1, 0.15) is 37.4 Å². The molecule has 6 nitrogen and oxygen atoms in total. The van der Waals surface area contributed by atoms with Crippen molar-refractivity contribution in [1.29, 1.82) is 0 Å². The average Bonchev–Trinajstić information content (AvgIpc) is 3.33. The van der Waals surface area contributed by atoms with Crippen LogP contribution in [-0.2, 0) is 11.2 Å². The van der Waals surface area contributed by atoms with Gasteiger partial charge < -0.3 is 19.5 Å². The van der Waals surface area contributed by atoms with E-state index in [1.807, 2.05) is 18.3 Å². The van der Waals surface area contributed by atoms with Gasteiger partial charge in [-0.2, -0.15) is 0 Å². The first-order valence-electron chi connectivity index (χ1n) is 12.8. The van der Waals surface area contributed by atoms with Gasteiger partial charge in [-0.1, -0.05) is 82.8 Å². The molecule has 3 heterocycles. The number of hydrogen-bond acceptors (Lipinski definition) is 5. The molecule has 3 aromatic rings. The zero-order chi connectivity index (χ0) is 27.1. The molecule has 1 aromatic carbocycles. The van der Waals surface area contributed by atoms with Crippen molar-refractivity contribution in [3.63, 3.8) is 0 Å². The number of aliphatic hydroxyl groups is 2. The van der Waals surface area contributed by atoms with Crippen molar-refractivity contribution in [2.24, 2.45) is 0 Å². The zero-order valence-corrected chi connectivity index (χ0v) is 24.6. The van der Waals surface area contributed by atoms with E-state index in [1.54, 1.807) is 16.7 Å². The van der Waals surface area contributed by atoms with E-state index in [2.05, 4.69) is 63.0 Å². The number of rotatable bonds is 6. The molecule has 0 radical (unpaired) electrons. The third kappa shape index (κ3) is 5.20. The number of fused-ring (bicyclic) bond motifs is 1. The molecule has 1 aliphatic heterocycles. The van der Waals surface area contributed by atoms with Crippen LogP contribution >= 0.6 is 23.2 Å². The van der Waals surface area contributed by atoms with Crippen LogP contribution in [0.4, 0.5) is 0 Å². The van der Waals surface area contributed by atoms with Crippen LogP contribution in [0.1, 0.15) is 58.9 Å². The fraction of sp³-hybridized carbons (Fsp3) is 0.500. The Morgan fingerprint density at radius 2 is 1.59 bits per heavy atom. The molecule has 4 atom stereocenters. The maximum atomic E-state index is 11.0. The SMILES string of the molecule is CC(C)[Si](C#Cc1cn([C@@H]2O[C@@H](Cc3ccc(Cl)cc3)[C@@H](O)[C@H]2O)c2ncnc(Cl)c12)(C(C)C)C(C)C. The first kappa shape index (κ1) is 28.1. The van der Waals surface area contributed by atoms with Crippen molar-refractivity contribution in [2.45, 2.75) is 89.1 Å². The van der Waals surface area contributed by atoms with Crippen molar-refractivity contribution in [3.05, 3.63) is 58.1 Å². The molecule has 0 amide bonds. The summed E-state index contributed by atoms with van der Waals surface area (Å²) in [7, 11) is -2.00. The minimum absolute atomic E-state index is 0.296. The van der Waals surface area contributed by atoms with Gasteiger partial charge in [0.25, 0.3) is 0 Å². The van der Waals surface area contributed by atoms with Crippen molar-refractivity contribution in [2.75, 3.05) is 0 Å². The topological polar surface area (TPSA) is 80.4 Å². The maximum absolute atomic E-state index is 11.0. The summed E-state index contributed by atoms with van der Waals surface area (Å²) in [6, 6.07) is 7.37. The van der Waals surface area contributed by atoms with E-state index in [0.29, 0.717) is 49.8 Å². The molecular formula is C28H35Cl2N3O3Si. The molecule has 1 aliphatic rings. The summed E-state index contributed by atoms with van der Waals surface area (Å²) < 4.78 is 7.94. The molecular weight excluding hydrogens is 525 g/mol. The Balaban J connectivity index is 1.75. The second-order valence-electron chi connectivity index (χ2n) is 10.8. The lowest BCUT2D eigenvalue weighted by Crippen LogP contribution is -2.43. The molecule has 1 saturated heterocycles. The summed E-state index contributed by atoms with van der Waals surface area (Å²) in [6.45, 7) is 13.6. The Morgan fingerprint density at radius 1 is 0.973 bits per heavy atom. The summed E-state index contributed by atoms with van der Waals surface area (Å²) in [5.41, 5.74) is 7.33. The molecule has 2 aromatic heterocycles. The van der Waals surface area contributed by atoms with Crippen LogP contribution in [0.2, 0.25) is 26.8 Å². The largest absolute Gasteiger partial charge is 0.388 e. The normalized spacial score (nSPS) is 22.3. The van der Waals surface area contributed by atoms with Gasteiger partial charge in [0.05, 0.1) is 17.1 Å². The number of aliphatic hydroxyl groups excluding tert-OH is 2. The Bertz CT molecular complexity index is 1290. The molecule has 0 spiro atoms. The molecule has 198 valence electrons. The quantitative estimate of drug-likeness (QED) is 0.214. The van der Waals surface area contributed by atoms with Gasteiger partial charge in [-0.15, -0.1) is 5.54 Å². The lowest BCUT2D eigenvalue weighted by atomic mass is 10.0. The number of benzene rings is 1. The number of halogens is 2. The summed E-state index contributed by atoms with van der Waals surface area (Å²) in [4.78, 5) is 8.65. The van der Waals surface area contributed by atoms with Gasteiger partial charge >= 0.3 is 0 Å². The highest BCUT2D eigenvalue weighted by atomic mass is 35.5. The monoisotopic (exact) mass is 559 g/mol. The Hall–Kier alpha value is -1.92. The second kappa shape index (κ2) is 11.1. The van der Waals surface area contributed by atoms with Gasteiger partial charge in [-0.05, 0) is 34.3 Å². The number of hydrogen-bond donors (Lipinski definition) is 2. The molecule has 0 saturated carbocycles. The van der Waals surface area contributed by atoms with Crippen LogP contribution in [0.25, 0.3) is 11.0 Å². The van der Waals surface area contributed by atoms with Crippen LogP contribution in [-0.4, -0.2) is 51.1 Å².